The molecule has 4 heteroatoms. The van der Waals surface area contributed by atoms with Gasteiger partial charge in [-0.1, -0.05) is 26.2 Å². The van der Waals surface area contributed by atoms with E-state index in [2.05, 4.69) is 22.2 Å². The Bertz CT molecular complexity index is 383. The summed E-state index contributed by atoms with van der Waals surface area (Å²) in [6, 6.07) is 2.04. The lowest BCUT2D eigenvalue weighted by molar-refractivity contribution is 0.141. The van der Waals surface area contributed by atoms with Crippen LogP contribution in [0.5, 0.6) is 0 Å². The lowest BCUT2D eigenvalue weighted by atomic mass is 9.79. The van der Waals surface area contributed by atoms with Crippen LogP contribution < -0.4 is 5.32 Å². The van der Waals surface area contributed by atoms with Crippen molar-refractivity contribution in [1.29, 1.82) is 0 Å². The number of hydrogen-bond acceptors (Lipinski definition) is 4. The summed E-state index contributed by atoms with van der Waals surface area (Å²) in [6.07, 6.45) is 8.66. The van der Waals surface area contributed by atoms with E-state index >= 15 is 0 Å². The van der Waals surface area contributed by atoms with Crippen LogP contribution in [0.3, 0.4) is 0 Å². The van der Waals surface area contributed by atoms with Gasteiger partial charge in [0, 0.05) is 24.9 Å². The molecule has 1 fully saturated rings. The van der Waals surface area contributed by atoms with Crippen molar-refractivity contribution in [3.63, 3.8) is 0 Å². The maximum atomic E-state index is 9.42. The lowest BCUT2D eigenvalue weighted by Gasteiger charge is -2.30. The monoisotopic (exact) mass is 263 g/mol. The van der Waals surface area contributed by atoms with Crippen molar-refractivity contribution >= 4 is 5.82 Å². The third-order valence-electron chi connectivity index (χ3n) is 4.08. The molecule has 0 radical (unpaired) electrons. The maximum absolute atomic E-state index is 9.42. The minimum absolute atomic E-state index is 0.317. The molecule has 0 saturated heterocycles. The number of aliphatic hydroxyl groups is 1. The Morgan fingerprint density at radius 1 is 1.26 bits per heavy atom. The predicted molar refractivity (Wildman–Crippen MR) is 77.1 cm³/mol. The molecule has 1 aliphatic carbocycles. The van der Waals surface area contributed by atoms with Crippen molar-refractivity contribution in [2.75, 3.05) is 18.5 Å². The van der Waals surface area contributed by atoms with Crippen LogP contribution in [0.25, 0.3) is 0 Å². The molecule has 1 heterocycles. The molecule has 2 atom stereocenters. The van der Waals surface area contributed by atoms with Crippen LogP contribution in [0.15, 0.2) is 12.4 Å². The molecule has 2 N–H and O–H groups in total. The highest BCUT2D eigenvalue weighted by molar-refractivity contribution is 5.34. The van der Waals surface area contributed by atoms with E-state index in [1.54, 1.807) is 6.33 Å². The zero-order valence-corrected chi connectivity index (χ0v) is 11.8. The molecule has 106 valence electrons. The Labute approximate surface area is 115 Å². The van der Waals surface area contributed by atoms with Crippen LogP contribution in [0, 0.1) is 11.8 Å². The van der Waals surface area contributed by atoms with E-state index in [1.165, 1.54) is 19.3 Å². The smallest absolute Gasteiger partial charge is 0.129 e. The van der Waals surface area contributed by atoms with Crippen LogP contribution in [-0.2, 0) is 6.42 Å². The molecule has 0 amide bonds. The van der Waals surface area contributed by atoms with Crippen molar-refractivity contribution in [2.24, 2.45) is 11.8 Å². The summed E-state index contributed by atoms with van der Waals surface area (Å²) in [5.41, 5.74) is 1.10. The summed E-state index contributed by atoms with van der Waals surface area (Å²) in [4.78, 5) is 8.54. The highest BCUT2D eigenvalue weighted by Gasteiger charge is 2.24. The zero-order chi connectivity index (χ0) is 13.5. The van der Waals surface area contributed by atoms with Gasteiger partial charge in [0.1, 0.15) is 12.1 Å². The van der Waals surface area contributed by atoms with Gasteiger partial charge in [-0.3, -0.25) is 0 Å². The maximum Gasteiger partial charge on any atom is 0.129 e. The van der Waals surface area contributed by atoms with Gasteiger partial charge in [0.15, 0.2) is 0 Å². The van der Waals surface area contributed by atoms with Gasteiger partial charge in [0.25, 0.3) is 0 Å². The molecule has 0 aromatic carbocycles. The number of anilines is 1. The van der Waals surface area contributed by atoms with Crippen molar-refractivity contribution in [1.82, 2.24) is 9.97 Å². The minimum atomic E-state index is 0.317. The second-order valence-electron chi connectivity index (χ2n) is 5.51. The van der Waals surface area contributed by atoms with Gasteiger partial charge in [-0.05, 0) is 31.1 Å². The third-order valence-corrected chi connectivity index (χ3v) is 4.08. The fourth-order valence-corrected chi connectivity index (χ4v) is 2.92. The molecule has 1 aromatic heterocycles. The number of rotatable bonds is 6. The molecule has 19 heavy (non-hydrogen) atoms. The molecule has 4 nitrogen and oxygen atoms in total. The Kier molecular flexibility index (Phi) is 5.58. The number of nitrogens with one attached hydrogen (secondary N) is 1. The van der Waals surface area contributed by atoms with Gasteiger partial charge in [-0.25, -0.2) is 9.97 Å². The number of aryl methyl sites for hydroxylation is 1. The summed E-state index contributed by atoms with van der Waals surface area (Å²) in [7, 11) is 0. The number of hydrogen-bond donors (Lipinski definition) is 2. The van der Waals surface area contributed by atoms with Crippen molar-refractivity contribution in [2.45, 2.75) is 45.4 Å². The average molecular weight is 263 g/mol. The summed E-state index contributed by atoms with van der Waals surface area (Å²) < 4.78 is 0. The Balaban J connectivity index is 1.88. The summed E-state index contributed by atoms with van der Waals surface area (Å²) in [5, 5.41) is 12.8. The highest BCUT2D eigenvalue weighted by Crippen LogP contribution is 2.29. The van der Waals surface area contributed by atoms with Crippen molar-refractivity contribution < 1.29 is 5.11 Å². The summed E-state index contributed by atoms with van der Waals surface area (Å²) in [6.45, 7) is 3.38. The number of nitrogens with zero attached hydrogens (tertiary/aromatic N) is 2. The van der Waals surface area contributed by atoms with Gasteiger partial charge < -0.3 is 10.4 Å². The molecular formula is C15H25N3O. The first-order valence-electron chi connectivity index (χ1n) is 7.49. The predicted octanol–water partition coefficient (Wildman–Crippen LogP) is 2.64. The van der Waals surface area contributed by atoms with Crippen LogP contribution in [0.2, 0.25) is 0 Å². The first-order chi connectivity index (χ1) is 9.33. The van der Waals surface area contributed by atoms with Gasteiger partial charge in [-0.2, -0.15) is 0 Å². The van der Waals surface area contributed by atoms with E-state index in [0.29, 0.717) is 18.4 Å². The van der Waals surface area contributed by atoms with E-state index in [-0.39, 0.29) is 0 Å². The quantitative estimate of drug-likeness (QED) is 0.828. The number of aliphatic hydroxyl groups excluding tert-OH is 1. The van der Waals surface area contributed by atoms with E-state index in [9.17, 15) is 5.11 Å². The lowest BCUT2D eigenvalue weighted by Crippen LogP contribution is -2.28. The largest absolute Gasteiger partial charge is 0.396 e. The standard InChI is InChI=1S/C15H25N3O/c1-2-5-14-8-15(18-11-17-14)16-9-12-6-3-4-7-13(12)10-19/h8,11-13,19H,2-7,9-10H2,1H3,(H,16,17,18). The highest BCUT2D eigenvalue weighted by atomic mass is 16.3. The molecule has 2 unspecified atom stereocenters. The van der Waals surface area contributed by atoms with E-state index in [4.69, 9.17) is 0 Å². The van der Waals surface area contributed by atoms with Gasteiger partial charge in [0.05, 0.1) is 0 Å². The Morgan fingerprint density at radius 3 is 2.79 bits per heavy atom. The molecule has 1 aliphatic rings. The Hall–Kier alpha value is -1.16. The summed E-state index contributed by atoms with van der Waals surface area (Å²) >= 11 is 0. The van der Waals surface area contributed by atoms with E-state index < -0.39 is 0 Å². The molecule has 1 saturated carbocycles. The second-order valence-corrected chi connectivity index (χ2v) is 5.51. The molecule has 0 aliphatic heterocycles. The van der Waals surface area contributed by atoms with Crippen LogP contribution in [0.4, 0.5) is 5.82 Å². The molecular weight excluding hydrogens is 238 g/mol. The number of aromatic nitrogens is 2. The average Bonchev–Trinajstić information content (AvgIpc) is 2.46. The van der Waals surface area contributed by atoms with Gasteiger partial charge in [-0.15, -0.1) is 0 Å². The first kappa shape index (κ1) is 14.3. The minimum Gasteiger partial charge on any atom is -0.396 e. The zero-order valence-electron chi connectivity index (χ0n) is 11.8. The Morgan fingerprint density at radius 2 is 2.05 bits per heavy atom. The molecule has 0 bridgehead atoms. The fourth-order valence-electron chi connectivity index (χ4n) is 2.92. The normalized spacial score (nSPS) is 23.3. The van der Waals surface area contributed by atoms with Crippen molar-refractivity contribution in [3.05, 3.63) is 18.1 Å². The molecule has 1 aromatic rings. The van der Waals surface area contributed by atoms with Crippen LogP contribution in [-0.4, -0.2) is 28.2 Å². The summed E-state index contributed by atoms with van der Waals surface area (Å²) in [5.74, 6) is 1.95. The SMILES string of the molecule is CCCc1cc(NCC2CCCCC2CO)ncn1. The fraction of sp³-hybridized carbons (Fsp3) is 0.733. The second kappa shape index (κ2) is 7.43. The van der Waals surface area contributed by atoms with Crippen LogP contribution in [0.1, 0.15) is 44.7 Å². The molecule has 0 spiro atoms. The van der Waals surface area contributed by atoms with Gasteiger partial charge >= 0.3 is 0 Å². The first-order valence-corrected chi connectivity index (χ1v) is 7.49. The van der Waals surface area contributed by atoms with Crippen molar-refractivity contribution in [3.8, 4) is 0 Å². The topological polar surface area (TPSA) is 58.0 Å². The van der Waals surface area contributed by atoms with Crippen LogP contribution >= 0.6 is 0 Å². The third kappa shape index (κ3) is 4.16. The molecule has 2 rings (SSSR count). The van der Waals surface area contributed by atoms with Gasteiger partial charge in [0.2, 0.25) is 0 Å². The van der Waals surface area contributed by atoms with E-state index in [0.717, 1.165) is 37.3 Å². The van der Waals surface area contributed by atoms with E-state index in [1.807, 2.05) is 6.07 Å².